The summed E-state index contributed by atoms with van der Waals surface area (Å²) in [7, 11) is 1.87. The molecule has 1 aromatic heterocycles. The molecule has 2 aromatic rings. The molecule has 0 aliphatic rings. The lowest BCUT2D eigenvalue weighted by atomic mass is 10.1. The summed E-state index contributed by atoms with van der Waals surface area (Å²) >= 11 is 7.35. The maximum atomic E-state index is 10.9. The zero-order valence-corrected chi connectivity index (χ0v) is 12.7. The number of nitrogens with zero attached hydrogens (tertiary/aromatic N) is 2. The van der Waals surface area contributed by atoms with Crippen LogP contribution in [0.15, 0.2) is 29.6 Å². The second-order valence-corrected chi connectivity index (χ2v) is 5.74. The van der Waals surface area contributed by atoms with Crippen LogP contribution in [-0.4, -0.2) is 29.4 Å². The smallest absolute Gasteiger partial charge is 0.231 e. The van der Waals surface area contributed by atoms with E-state index in [1.807, 2.05) is 35.5 Å². The number of amides is 1. The van der Waals surface area contributed by atoms with Crippen LogP contribution in [0.3, 0.4) is 0 Å². The highest BCUT2D eigenvalue weighted by molar-refractivity contribution is 7.13. The molecule has 20 heavy (non-hydrogen) atoms. The highest BCUT2D eigenvalue weighted by Crippen LogP contribution is 2.25. The summed E-state index contributed by atoms with van der Waals surface area (Å²) < 4.78 is 0. The van der Waals surface area contributed by atoms with Crippen molar-refractivity contribution in [3.8, 4) is 10.6 Å². The Labute approximate surface area is 127 Å². The third-order valence-electron chi connectivity index (χ3n) is 2.74. The molecule has 2 N–H and O–H groups in total. The number of nitrogens with two attached hydrogens (primary N) is 1. The third kappa shape index (κ3) is 4.03. The van der Waals surface area contributed by atoms with E-state index in [0.29, 0.717) is 12.4 Å². The van der Waals surface area contributed by atoms with Gasteiger partial charge in [-0.1, -0.05) is 18.2 Å². The molecule has 0 aliphatic heterocycles. The van der Waals surface area contributed by atoms with Gasteiger partial charge in [0.25, 0.3) is 0 Å². The summed E-state index contributed by atoms with van der Waals surface area (Å²) in [6, 6.07) is 8.12. The number of hydrogen-bond acceptors (Lipinski definition) is 4. The minimum atomic E-state index is -0.324. The lowest BCUT2D eigenvalue weighted by molar-refractivity contribution is -0.118. The lowest BCUT2D eigenvalue weighted by Gasteiger charge is -2.14. The molecule has 4 nitrogen and oxygen atoms in total. The fraction of sp³-hybridized carbons (Fsp3) is 0.286. The number of carbonyl (C=O) groups excluding carboxylic acids is 1. The quantitative estimate of drug-likeness (QED) is 0.834. The molecule has 2 rings (SSSR count). The van der Waals surface area contributed by atoms with Crippen molar-refractivity contribution in [1.29, 1.82) is 0 Å². The van der Waals surface area contributed by atoms with Crippen molar-refractivity contribution in [3.63, 3.8) is 0 Å². The molecule has 6 heteroatoms. The van der Waals surface area contributed by atoms with Gasteiger partial charge in [-0.3, -0.25) is 9.69 Å². The van der Waals surface area contributed by atoms with Crippen LogP contribution in [0, 0.1) is 0 Å². The number of rotatable bonds is 6. The van der Waals surface area contributed by atoms with Gasteiger partial charge in [-0.2, -0.15) is 0 Å². The molecular formula is C14H16ClN3OS. The van der Waals surface area contributed by atoms with Crippen LogP contribution in [0.5, 0.6) is 0 Å². The second kappa shape index (κ2) is 6.83. The third-order valence-corrected chi connectivity index (χ3v) is 3.95. The van der Waals surface area contributed by atoms with Crippen LogP contribution in [0.4, 0.5) is 0 Å². The van der Waals surface area contributed by atoms with Gasteiger partial charge in [0, 0.05) is 17.5 Å². The van der Waals surface area contributed by atoms with Gasteiger partial charge < -0.3 is 5.73 Å². The molecule has 106 valence electrons. The highest BCUT2D eigenvalue weighted by Gasteiger charge is 2.07. The number of benzene rings is 1. The standard InChI is InChI=1S/C14H16ClN3OS/c1-18(8-13(16)19)7-10-3-2-4-11(5-10)14-17-12(6-15)9-20-14/h2-5,9H,6-8H2,1H3,(H2,16,19). The summed E-state index contributed by atoms with van der Waals surface area (Å²) in [4.78, 5) is 17.2. The number of carbonyl (C=O) groups is 1. The Bertz CT molecular complexity index is 600. The first kappa shape index (κ1) is 15.0. The summed E-state index contributed by atoms with van der Waals surface area (Å²) in [5, 5.41) is 2.92. The van der Waals surface area contributed by atoms with Crippen molar-refractivity contribution in [2.75, 3.05) is 13.6 Å². The van der Waals surface area contributed by atoms with E-state index in [-0.39, 0.29) is 12.5 Å². The van der Waals surface area contributed by atoms with Crippen LogP contribution in [0.2, 0.25) is 0 Å². The highest BCUT2D eigenvalue weighted by atomic mass is 35.5. The van der Waals surface area contributed by atoms with Gasteiger partial charge in [0.05, 0.1) is 18.1 Å². The first-order valence-electron chi connectivity index (χ1n) is 6.15. The van der Waals surface area contributed by atoms with Crippen molar-refractivity contribution >= 4 is 28.8 Å². The average Bonchev–Trinajstić information content (AvgIpc) is 2.86. The van der Waals surface area contributed by atoms with Crippen LogP contribution >= 0.6 is 22.9 Å². The number of thiazole rings is 1. The van der Waals surface area contributed by atoms with Crippen LogP contribution in [-0.2, 0) is 17.2 Å². The SMILES string of the molecule is CN(CC(N)=O)Cc1cccc(-c2nc(CCl)cs2)c1. The van der Waals surface area contributed by atoms with Crippen molar-refractivity contribution in [1.82, 2.24) is 9.88 Å². The van der Waals surface area contributed by atoms with E-state index in [4.69, 9.17) is 17.3 Å². The molecule has 0 radical (unpaired) electrons. The van der Waals surface area contributed by atoms with Gasteiger partial charge in [-0.05, 0) is 18.7 Å². The molecule has 0 aliphatic carbocycles. The Morgan fingerprint density at radius 3 is 2.95 bits per heavy atom. The van der Waals surface area contributed by atoms with Gasteiger partial charge in [-0.25, -0.2) is 4.98 Å². The minimum Gasteiger partial charge on any atom is -0.369 e. The van der Waals surface area contributed by atoms with Crippen LogP contribution in [0.25, 0.3) is 10.6 Å². The minimum absolute atomic E-state index is 0.248. The molecule has 0 saturated heterocycles. The molecule has 0 bridgehead atoms. The molecule has 0 atom stereocenters. The van der Waals surface area contributed by atoms with Crippen molar-refractivity contribution in [2.45, 2.75) is 12.4 Å². The van der Waals surface area contributed by atoms with E-state index >= 15 is 0 Å². The Morgan fingerprint density at radius 1 is 1.50 bits per heavy atom. The number of aromatic nitrogens is 1. The number of hydrogen-bond donors (Lipinski definition) is 1. The molecule has 1 amide bonds. The van der Waals surface area contributed by atoms with Crippen LogP contribution in [0.1, 0.15) is 11.3 Å². The van der Waals surface area contributed by atoms with E-state index < -0.39 is 0 Å². The van der Waals surface area contributed by atoms with E-state index in [1.54, 1.807) is 11.3 Å². The molecule has 1 heterocycles. The van der Waals surface area contributed by atoms with Gasteiger partial charge in [0.15, 0.2) is 0 Å². The van der Waals surface area contributed by atoms with Crippen molar-refractivity contribution in [3.05, 3.63) is 40.9 Å². The summed E-state index contributed by atoms with van der Waals surface area (Å²) in [6.07, 6.45) is 0. The lowest BCUT2D eigenvalue weighted by Crippen LogP contribution is -2.30. The number of halogens is 1. The van der Waals surface area contributed by atoms with Gasteiger partial charge in [0.2, 0.25) is 5.91 Å². The first-order valence-corrected chi connectivity index (χ1v) is 7.56. The molecule has 0 unspecified atom stereocenters. The zero-order valence-electron chi connectivity index (χ0n) is 11.2. The topological polar surface area (TPSA) is 59.2 Å². The fourth-order valence-electron chi connectivity index (χ4n) is 1.94. The predicted octanol–water partition coefficient (Wildman–Crippen LogP) is 2.47. The van der Waals surface area contributed by atoms with E-state index in [2.05, 4.69) is 11.1 Å². The van der Waals surface area contributed by atoms with Crippen molar-refractivity contribution in [2.24, 2.45) is 5.73 Å². The number of alkyl halides is 1. The average molecular weight is 310 g/mol. The summed E-state index contributed by atoms with van der Waals surface area (Å²) in [5.74, 6) is 0.104. The Balaban J connectivity index is 2.13. The van der Waals surface area contributed by atoms with Gasteiger partial charge >= 0.3 is 0 Å². The van der Waals surface area contributed by atoms with Gasteiger partial charge in [-0.15, -0.1) is 22.9 Å². The van der Waals surface area contributed by atoms with Gasteiger partial charge in [0.1, 0.15) is 5.01 Å². The number of likely N-dealkylation sites (N-methyl/N-ethyl adjacent to an activating group) is 1. The van der Waals surface area contributed by atoms with E-state index in [9.17, 15) is 4.79 Å². The van der Waals surface area contributed by atoms with Crippen LogP contribution < -0.4 is 5.73 Å². The second-order valence-electron chi connectivity index (χ2n) is 4.62. The summed E-state index contributed by atoms with van der Waals surface area (Å²) in [5.41, 5.74) is 8.26. The monoisotopic (exact) mass is 309 g/mol. The Kier molecular flexibility index (Phi) is 5.11. The predicted molar refractivity (Wildman–Crippen MR) is 82.6 cm³/mol. The molecule has 0 saturated carbocycles. The van der Waals surface area contributed by atoms with Crippen molar-refractivity contribution < 1.29 is 4.79 Å². The Hall–Kier alpha value is -1.43. The number of primary amides is 1. The van der Waals surface area contributed by atoms with E-state index in [0.717, 1.165) is 21.8 Å². The molecular weight excluding hydrogens is 294 g/mol. The first-order chi connectivity index (χ1) is 9.58. The molecule has 0 spiro atoms. The zero-order chi connectivity index (χ0) is 14.5. The van der Waals surface area contributed by atoms with E-state index in [1.165, 1.54) is 0 Å². The summed E-state index contributed by atoms with van der Waals surface area (Å²) in [6.45, 7) is 0.919. The molecule has 0 fully saturated rings. The largest absolute Gasteiger partial charge is 0.369 e. The Morgan fingerprint density at radius 2 is 2.30 bits per heavy atom. The maximum Gasteiger partial charge on any atom is 0.231 e. The fourth-order valence-corrected chi connectivity index (χ4v) is 2.98. The normalized spacial score (nSPS) is 10.9. The molecule has 1 aromatic carbocycles. The maximum absolute atomic E-state index is 10.9.